The van der Waals surface area contributed by atoms with E-state index in [-0.39, 0.29) is 17.6 Å². The molecule has 0 atom stereocenters. The lowest BCUT2D eigenvalue weighted by atomic mass is 10.1. The van der Waals surface area contributed by atoms with Gasteiger partial charge in [0, 0.05) is 18.2 Å². The molecule has 2 N–H and O–H groups in total. The molecule has 0 saturated carbocycles. The number of hydrogen-bond acceptors (Lipinski definition) is 2. The number of amides is 1. The zero-order chi connectivity index (χ0) is 13.0. The van der Waals surface area contributed by atoms with Gasteiger partial charge in [-0.25, -0.2) is 4.39 Å². The number of nitrogens with two attached hydrogens (primary N) is 1. The number of carbonyl (C=O) groups is 1. The number of benzene rings is 1. The third-order valence-corrected chi connectivity index (χ3v) is 2.79. The molecule has 1 aromatic carbocycles. The summed E-state index contributed by atoms with van der Waals surface area (Å²) in [6, 6.07) is 4.93. The van der Waals surface area contributed by atoms with Gasteiger partial charge in [0.1, 0.15) is 5.82 Å². The maximum absolute atomic E-state index is 13.7. The SMILES string of the molecule is CC(C)N(CC(N)=O)Cc1cccc(Cl)c1F. The van der Waals surface area contributed by atoms with Crippen molar-refractivity contribution in [2.45, 2.75) is 26.4 Å². The van der Waals surface area contributed by atoms with E-state index in [0.717, 1.165) is 0 Å². The Balaban J connectivity index is 2.86. The lowest BCUT2D eigenvalue weighted by Gasteiger charge is -2.25. The van der Waals surface area contributed by atoms with Crippen LogP contribution >= 0.6 is 11.6 Å². The summed E-state index contributed by atoms with van der Waals surface area (Å²) in [4.78, 5) is 12.7. The fourth-order valence-corrected chi connectivity index (χ4v) is 1.70. The molecule has 0 heterocycles. The molecular weight excluding hydrogens is 243 g/mol. The molecule has 0 saturated heterocycles. The normalized spacial score (nSPS) is 11.2. The Morgan fingerprint density at radius 1 is 1.53 bits per heavy atom. The molecule has 3 nitrogen and oxygen atoms in total. The molecule has 0 aliphatic carbocycles. The van der Waals surface area contributed by atoms with E-state index < -0.39 is 11.7 Å². The van der Waals surface area contributed by atoms with Crippen LogP contribution in [0, 0.1) is 5.82 Å². The monoisotopic (exact) mass is 258 g/mol. The highest BCUT2D eigenvalue weighted by Gasteiger charge is 2.15. The third kappa shape index (κ3) is 3.98. The second kappa shape index (κ2) is 5.98. The van der Waals surface area contributed by atoms with Gasteiger partial charge in [-0.1, -0.05) is 23.7 Å². The molecule has 1 aromatic rings. The summed E-state index contributed by atoms with van der Waals surface area (Å²) < 4.78 is 13.7. The van der Waals surface area contributed by atoms with Crippen LogP contribution in [-0.4, -0.2) is 23.4 Å². The van der Waals surface area contributed by atoms with Gasteiger partial charge in [-0.05, 0) is 19.9 Å². The van der Waals surface area contributed by atoms with Crippen molar-refractivity contribution in [2.24, 2.45) is 5.73 Å². The van der Waals surface area contributed by atoms with E-state index >= 15 is 0 Å². The fraction of sp³-hybridized carbons (Fsp3) is 0.417. The summed E-state index contributed by atoms with van der Waals surface area (Å²) in [6.07, 6.45) is 0. The van der Waals surface area contributed by atoms with Crippen molar-refractivity contribution in [2.75, 3.05) is 6.54 Å². The van der Waals surface area contributed by atoms with Crippen LogP contribution in [0.4, 0.5) is 4.39 Å². The third-order valence-electron chi connectivity index (χ3n) is 2.49. The standard InChI is InChI=1S/C12H16ClFN2O/c1-8(2)16(7-11(15)17)6-9-4-3-5-10(13)12(9)14/h3-5,8H,6-7H2,1-2H3,(H2,15,17). The molecule has 0 aliphatic heterocycles. The molecule has 0 spiro atoms. The highest BCUT2D eigenvalue weighted by Crippen LogP contribution is 2.19. The average Bonchev–Trinajstić information content (AvgIpc) is 2.22. The number of carbonyl (C=O) groups excluding carboxylic acids is 1. The summed E-state index contributed by atoms with van der Waals surface area (Å²) in [6.45, 7) is 4.26. The van der Waals surface area contributed by atoms with E-state index in [9.17, 15) is 9.18 Å². The number of primary amides is 1. The van der Waals surface area contributed by atoms with Gasteiger partial charge < -0.3 is 5.73 Å². The molecule has 0 radical (unpaired) electrons. The minimum atomic E-state index is -0.440. The van der Waals surface area contributed by atoms with Crippen LogP contribution in [0.5, 0.6) is 0 Å². The zero-order valence-corrected chi connectivity index (χ0v) is 10.7. The van der Waals surface area contributed by atoms with E-state index in [2.05, 4.69) is 0 Å². The summed E-state index contributed by atoms with van der Waals surface area (Å²) >= 11 is 5.70. The van der Waals surface area contributed by atoms with Gasteiger partial charge in [-0.2, -0.15) is 0 Å². The molecule has 1 amide bonds. The largest absolute Gasteiger partial charge is 0.369 e. The summed E-state index contributed by atoms with van der Waals surface area (Å²) in [5, 5.41) is 0.0882. The Morgan fingerprint density at radius 3 is 2.71 bits per heavy atom. The lowest BCUT2D eigenvalue weighted by Crippen LogP contribution is -2.38. The number of halogens is 2. The summed E-state index contributed by atoms with van der Waals surface area (Å²) in [7, 11) is 0. The quantitative estimate of drug-likeness (QED) is 0.880. The highest BCUT2D eigenvalue weighted by atomic mass is 35.5. The first kappa shape index (κ1) is 13.9. The predicted octanol–water partition coefficient (Wildman–Crippen LogP) is 2.17. The van der Waals surface area contributed by atoms with Gasteiger partial charge in [-0.3, -0.25) is 9.69 Å². The van der Waals surface area contributed by atoms with Crippen LogP contribution < -0.4 is 5.73 Å². The Morgan fingerprint density at radius 2 is 2.18 bits per heavy atom. The van der Waals surface area contributed by atoms with E-state index in [4.69, 9.17) is 17.3 Å². The lowest BCUT2D eigenvalue weighted by molar-refractivity contribution is -0.119. The second-order valence-corrected chi connectivity index (χ2v) is 4.59. The Bertz CT molecular complexity index is 409. The topological polar surface area (TPSA) is 46.3 Å². The van der Waals surface area contributed by atoms with Gasteiger partial charge in [-0.15, -0.1) is 0 Å². The van der Waals surface area contributed by atoms with Crippen molar-refractivity contribution in [1.82, 2.24) is 4.90 Å². The average molecular weight is 259 g/mol. The van der Waals surface area contributed by atoms with E-state index in [1.807, 2.05) is 13.8 Å². The van der Waals surface area contributed by atoms with Crippen molar-refractivity contribution in [1.29, 1.82) is 0 Å². The van der Waals surface area contributed by atoms with Gasteiger partial charge in [0.25, 0.3) is 0 Å². The van der Waals surface area contributed by atoms with Crippen molar-refractivity contribution >= 4 is 17.5 Å². The molecule has 17 heavy (non-hydrogen) atoms. The van der Waals surface area contributed by atoms with Crippen LogP contribution in [0.3, 0.4) is 0 Å². The first-order chi connectivity index (χ1) is 7.91. The van der Waals surface area contributed by atoms with Gasteiger partial charge in [0.15, 0.2) is 0 Å². The van der Waals surface area contributed by atoms with Gasteiger partial charge >= 0.3 is 0 Å². The molecule has 5 heteroatoms. The predicted molar refractivity (Wildman–Crippen MR) is 66.2 cm³/mol. The van der Waals surface area contributed by atoms with E-state index in [1.165, 1.54) is 6.07 Å². The van der Waals surface area contributed by atoms with Crippen LogP contribution in [0.15, 0.2) is 18.2 Å². The molecule has 0 fully saturated rings. The van der Waals surface area contributed by atoms with Crippen LogP contribution in [-0.2, 0) is 11.3 Å². The fourth-order valence-electron chi connectivity index (χ4n) is 1.51. The van der Waals surface area contributed by atoms with Crippen molar-refractivity contribution in [3.8, 4) is 0 Å². The molecule has 0 unspecified atom stereocenters. The van der Waals surface area contributed by atoms with Gasteiger partial charge in [0.05, 0.1) is 11.6 Å². The minimum Gasteiger partial charge on any atom is -0.369 e. The van der Waals surface area contributed by atoms with Crippen LogP contribution in [0.2, 0.25) is 5.02 Å². The first-order valence-electron chi connectivity index (χ1n) is 5.37. The first-order valence-corrected chi connectivity index (χ1v) is 5.75. The maximum Gasteiger partial charge on any atom is 0.231 e. The van der Waals surface area contributed by atoms with Crippen molar-refractivity contribution in [3.05, 3.63) is 34.6 Å². The second-order valence-electron chi connectivity index (χ2n) is 4.18. The van der Waals surface area contributed by atoms with Crippen molar-refractivity contribution < 1.29 is 9.18 Å². The van der Waals surface area contributed by atoms with E-state index in [1.54, 1.807) is 17.0 Å². The molecule has 1 rings (SSSR count). The highest BCUT2D eigenvalue weighted by molar-refractivity contribution is 6.30. The molecule has 0 bridgehead atoms. The number of rotatable bonds is 5. The van der Waals surface area contributed by atoms with Crippen molar-refractivity contribution in [3.63, 3.8) is 0 Å². The van der Waals surface area contributed by atoms with E-state index in [0.29, 0.717) is 12.1 Å². The van der Waals surface area contributed by atoms with Gasteiger partial charge in [0.2, 0.25) is 5.91 Å². The Labute approximate surface area is 105 Å². The Kier molecular flexibility index (Phi) is 4.90. The zero-order valence-electron chi connectivity index (χ0n) is 9.91. The summed E-state index contributed by atoms with van der Waals surface area (Å²) in [5.41, 5.74) is 5.62. The molecular formula is C12H16ClFN2O. The van der Waals surface area contributed by atoms with Crippen LogP contribution in [0.1, 0.15) is 19.4 Å². The molecule has 94 valence electrons. The van der Waals surface area contributed by atoms with Crippen LogP contribution in [0.25, 0.3) is 0 Å². The Hall–Kier alpha value is -1.13. The summed E-state index contributed by atoms with van der Waals surface area (Å²) in [5.74, 6) is -0.870. The smallest absolute Gasteiger partial charge is 0.231 e. The molecule has 0 aromatic heterocycles. The maximum atomic E-state index is 13.7. The molecule has 0 aliphatic rings. The number of hydrogen-bond donors (Lipinski definition) is 1. The number of nitrogens with zero attached hydrogens (tertiary/aromatic N) is 1. The minimum absolute atomic E-state index is 0.0882.